The van der Waals surface area contributed by atoms with Gasteiger partial charge in [-0.3, -0.25) is 9.59 Å². The molecule has 16 heavy (non-hydrogen) atoms. The van der Waals surface area contributed by atoms with E-state index >= 15 is 0 Å². The molecule has 5 heteroatoms. The normalized spacial score (nSPS) is 19.5. The van der Waals surface area contributed by atoms with Gasteiger partial charge in [0, 0.05) is 11.4 Å². The number of carbonyl (C=O) groups excluding carboxylic acids is 1. The van der Waals surface area contributed by atoms with Gasteiger partial charge in [0.1, 0.15) is 0 Å². The van der Waals surface area contributed by atoms with Gasteiger partial charge in [-0.2, -0.15) is 0 Å². The minimum absolute atomic E-state index is 0.134. The monoisotopic (exact) mass is 237 g/mol. The van der Waals surface area contributed by atoms with E-state index in [9.17, 15) is 9.59 Å². The van der Waals surface area contributed by atoms with Gasteiger partial charge in [-0.05, 0) is 11.6 Å². The summed E-state index contributed by atoms with van der Waals surface area (Å²) >= 11 is 1.37. The third-order valence-electron chi connectivity index (χ3n) is 2.37. The third-order valence-corrected chi connectivity index (χ3v) is 3.63. The molecule has 0 saturated heterocycles. The van der Waals surface area contributed by atoms with Crippen LogP contribution in [0.4, 0.5) is 5.69 Å². The van der Waals surface area contributed by atoms with Crippen LogP contribution in [0.3, 0.4) is 0 Å². The molecule has 1 heterocycles. The molecule has 1 aliphatic heterocycles. The van der Waals surface area contributed by atoms with Crippen molar-refractivity contribution < 1.29 is 14.7 Å². The van der Waals surface area contributed by atoms with E-state index in [0.29, 0.717) is 5.75 Å². The maximum absolute atomic E-state index is 11.7. The van der Waals surface area contributed by atoms with Gasteiger partial charge in [0.05, 0.1) is 11.7 Å². The highest BCUT2D eigenvalue weighted by Crippen LogP contribution is 2.29. The van der Waals surface area contributed by atoms with Gasteiger partial charge in [-0.1, -0.05) is 18.2 Å². The summed E-state index contributed by atoms with van der Waals surface area (Å²) < 4.78 is 0. The number of aliphatic carboxylic acids is 1. The quantitative estimate of drug-likeness (QED) is 0.821. The Hall–Kier alpha value is -1.49. The number of hydrogen-bond donors (Lipinski definition) is 2. The van der Waals surface area contributed by atoms with Crippen molar-refractivity contribution in [3.05, 3.63) is 29.8 Å². The molecule has 2 N–H and O–H groups in total. The molecule has 4 nitrogen and oxygen atoms in total. The molecule has 0 spiro atoms. The van der Waals surface area contributed by atoms with Gasteiger partial charge in [-0.25, -0.2) is 0 Å². The Kier molecular flexibility index (Phi) is 3.14. The molecule has 0 radical (unpaired) electrons. The zero-order valence-corrected chi connectivity index (χ0v) is 9.29. The second-order valence-electron chi connectivity index (χ2n) is 3.54. The predicted molar refractivity (Wildman–Crippen MR) is 62.4 cm³/mol. The zero-order chi connectivity index (χ0) is 11.5. The molecule has 84 valence electrons. The van der Waals surface area contributed by atoms with Gasteiger partial charge in [-0.15, -0.1) is 11.8 Å². The first-order chi connectivity index (χ1) is 7.66. The Balaban J connectivity index is 2.18. The lowest BCUT2D eigenvalue weighted by atomic mass is 10.2. The fraction of sp³-hybridized carbons (Fsp3) is 0.273. The Morgan fingerprint density at radius 3 is 3.00 bits per heavy atom. The maximum atomic E-state index is 11.7. The second-order valence-corrected chi connectivity index (χ2v) is 4.73. The van der Waals surface area contributed by atoms with Gasteiger partial charge in [0.15, 0.2) is 0 Å². The first-order valence-corrected chi connectivity index (χ1v) is 5.94. The largest absolute Gasteiger partial charge is 0.481 e. The highest BCUT2D eigenvalue weighted by molar-refractivity contribution is 7.99. The Morgan fingerprint density at radius 2 is 2.25 bits per heavy atom. The van der Waals surface area contributed by atoms with E-state index in [-0.39, 0.29) is 12.3 Å². The first-order valence-electron chi connectivity index (χ1n) is 4.89. The van der Waals surface area contributed by atoms with E-state index < -0.39 is 11.2 Å². The molecule has 1 aromatic carbocycles. The average Bonchev–Trinajstić information content (AvgIpc) is 2.39. The summed E-state index contributed by atoms with van der Waals surface area (Å²) in [5.41, 5.74) is 1.82. The van der Waals surface area contributed by atoms with Crippen LogP contribution in [-0.4, -0.2) is 22.2 Å². The van der Waals surface area contributed by atoms with E-state index in [0.717, 1.165) is 11.3 Å². The van der Waals surface area contributed by atoms with Crippen molar-refractivity contribution >= 4 is 29.3 Å². The predicted octanol–water partition coefficient (Wildman–Crippen LogP) is 1.72. The van der Waals surface area contributed by atoms with Crippen LogP contribution in [0.5, 0.6) is 0 Å². The highest BCUT2D eigenvalue weighted by Gasteiger charge is 2.25. The molecule has 0 aromatic heterocycles. The second kappa shape index (κ2) is 4.57. The molecule has 0 saturated carbocycles. The number of benzene rings is 1. The molecule has 1 aromatic rings. The van der Waals surface area contributed by atoms with Crippen molar-refractivity contribution in [2.24, 2.45) is 0 Å². The van der Waals surface area contributed by atoms with Crippen molar-refractivity contribution in [1.82, 2.24) is 0 Å². The van der Waals surface area contributed by atoms with Gasteiger partial charge < -0.3 is 10.4 Å². The number of hydrogen-bond acceptors (Lipinski definition) is 3. The van der Waals surface area contributed by atoms with Gasteiger partial charge in [0.25, 0.3) is 0 Å². The lowest BCUT2D eigenvalue weighted by Crippen LogP contribution is -2.26. The van der Waals surface area contributed by atoms with Crippen molar-refractivity contribution in [3.8, 4) is 0 Å². The number of amides is 1. The summed E-state index contributed by atoms with van der Waals surface area (Å²) in [7, 11) is 0. The number of carboxylic acids is 1. The standard InChI is InChI=1S/C11H11NO3S/c13-10(14)5-9-11(15)12-8-4-2-1-3-7(8)6-16-9/h1-4,9H,5-6H2,(H,12,15)(H,13,14). The number of carbonyl (C=O) groups is 2. The molecule has 0 bridgehead atoms. The summed E-state index contributed by atoms with van der Waals surface area (Å²) in [6.45, 7) is 0. The SMILES string of the molecule is O=C(O)CC1SCc2ccccc2NC1=O. The number of rotatable bonds is 2. The van der Waals surface area contributed by atoms with Gasteiger partial charge >= 0.3 is 5.97 Å². The molecule has 0 aliphatic carbocycles. The highest BCUT2D eigenvalue weighted by atomic mass is 32.2. The number of nitrogens with one attached hydrogen (secondary N) is 1. The summed E-state index contributed by atoms with van der Waals surface area (Å²) in [5, 5.41) is 10.9. The van der Waals surface area contributed by atoms with Crippen molar-refractivity contribution in [2.75, 3.05) is 5.32 Å². The van der Waals surface area contributed by atoms with E-state index in [1.165, 1.54) is 11.8 Å². The fourth-order valence-electron chi connectivity index (χ4n) is 1.56. The number of carboxylic acid groups (broad SMARTS) is 1. The van der Waals surface area contributed by atoms with Crippen LogP contribution in [0.15, 0.2) is 24.3 Å². The summed E-state index contributed by atoms with van der Waals surface area (Å²) in [4.78, 5) is 22.3. The van der Waals surface area contributed by atoms with Crippen molar-refractivity contribution in [2.45, 2.75) is 17.4 Å². The minimum Gasteiger partial charge on any atom is -0.481 e. The topological polar surface area (TPSA) is 66.4 Å². The molecule has 1 amide bonds. The first kappa shape index (κ1) is 11.0. The molecule has 1 unspecified atom stereocenters. The van der Waals surface area contributed by atoms with Crippen LogP contribution in [0, 0.1) is 0 Å². The summed E-state index contributed by atoms with van der Waals surface area (Å²) in [6, 6.07) is 7.52. The van der Waals surface area contributed by atoms with Crippen molar-refractivity contribution in [1.29, 1.82) is 0 Å². The Labute approximate surface area is 97.0 Å². The lowest BCUT2D eigenvalue weighted by Gasteiger charge is -2.09. The van der Waals surface area contributed by atoms with Crippen LogP contribution < -0.4 is 5.32 Å². The molecular weight excluding hydrogens is 226 g/mol. The van der Waals surface area contributed by atoms with E-state index in [1.54, 1.807) is 0 Å². The van der Waals surface area contributed by atoms with Crippen LogP contribution in [-0.2, 0) is 15.3 Å². The molecule has 0 fully saturated rings. The summed E-state index contributed by atoms with van der Waals surface area (Å²) in [6.07, 6.45) is -0.134. The van der Waals surface area contributed by atoms with E-state index in [4.69, 9.17) is 5.11 Å². The fourth-order valence-corrected chi connectivity index (χ4v) is 2.66. The summed E-state index contributed by atoms with van der Waals surface area (Å²) in [5.74, 6) is -0.511. The van der Waals surface area contributed by atoms with Crippen LogP contribution in [0.1, 0.15) is 12.0 Å². The minimum atomic E-state index is -0.946. The number of fused-ring (bicyclic) bond motifs is 1. The number of anilines is 1. The number of para-hydroxylation sites is 1. The van der Waals surface area contributed by atoms with Crippen molar-refractivity contribution in [3.63, 3.8) is 0 Å². The van der Waals surface area contributed by atoms with Gasteiger partial charge in [0.2, 0.25) is 5.91 Å². The maximum Gasteiger partial charge on any atom is 0.305 e. The van der Waals surface area contributed by atoms with Crippen LogP contribution in [0.25, 0.3) is 0 Å². The third kappa shape index (κ3) is 2.36. The molecule has 1 aliphatic rings. The number of thioether (sulfide) groups is 1. The smallest absolute Gasteiger partial charge is 0.305 e. The van der Waals surface area contributed by atoms with Crippen LogP contribution >= 0.6 is 11.8 Å². The molecule has 2 rings (SSSR count). The van der Waals surface area contributed by atoms with Crippen LogP contribution in [0.2, 0.25) is 0 Å². The lowest BCUT2D eigenvalue weighted by molar-refractivity contribution is -0.138. The average molecular weight is 237 g/mol. The van der Waals surface area contributed by atoms with E-state index in [1.807, 2.05) is 24.3 Å². The Bertz CT molecular complexity index is 433. The molecule has 1 atom stereocenters. The molecular formula is C11H11NO3S. The zero-order valence-electron chi connectivity index (χ0n) is 8.47. The van der Waals surface area contributed by atoms with E-state index in [2.05, 4.69) is 5.32 Å². The Morgan fingerprint density at radius 1 is 1.50 bits per heavy atom.